The lowest BCUT2D eigenvalue weighted by Crippen LogP contribution is -2.50. The lowest BCUT2D eigenvalue weighted by Gasteiger charge is -2.39. The third kappa shape index (κ3) is 2.10. The molecule has 3 nitrogen and oxygen atoms in total. The van der Waals surface area contributed by atoms with Crippen molar-refractivity contribution in [2.75, 3.05) is 5.32 Å². The van der Waals surface area contributed by atoms with E-state index in [9.17, 15) is 4.79 Å². The van der Waals surface area contributed by atoms with E-state index >= 15 is 0 Å². The Morgan fingerprint density at radius 2 is 2.17 bits per heavy atom. The average Bonchev–Trinajstić information content (AvgIpc) is 2.21. The second-order valence-electron chi connectivity index (χ2n) is 4.69. The molecule has 18 heavy (non-hydrogen) atoms. The first-order valence-corrected chi connectivity index (χ1v) is 6.62. The average molecular weight is 283 g/mol. The fourth-order valence-corrected chi connectivity index (χ4v) is 2.70. The maximum atomic E-state index is 12.3. The lowest BCUT2D eigenvalue weighted by atomic mass is 9.68. The van der Waals surface area contributed by atoms with Crippen molar-refractivity contribution in [2.45, 2.75) is 26.2 Å². The molecule has 1 aromatic carbocycles. The topological polar surface area (TPSA) is 55.1 Å². The molecule has 5 heteroatoms. The molecule has 0 aromatic heterocycles. The number of benzene rings is 1. The number of rotatable bonds is 3. The summed E-state index contributed by atoms with van der Waals surface area (Å²) < 4.78 is 0. The maximum Gasteiger partial charge on any atom is 0.237 e. The van der Waals surface area contributed by atoms with Crippen molar-refractivity contribution >= 4 is 40.4 Å². The summed E-state index contributed by atoms with van der Waals surface area (Å²) in [5, 5.41) is 3.39. The van der Waals surface area contributed by atoms with Gasteiger partial charge in [-0.15, -0.1) is 0 Å². The Hall–Kier alpha value is -1.13. The molecule has 1 saturated carbocycles. The van der Waals surface area contributed by atoms with Crippen molar-refractivity contribution in [1.29, 1.82) is 0 Å². The van der Waals surface area contributed by atoms with Crippen LogP contribution in [0, 0.1) is 12.3 Å². The van der Waals surface area contributed by atoms with E-state index in [-0.39, 0.29) is 10.9 Å². The smallest absolute Gasteiger partial charge is 0.237 e. The Morgan fingerprint density at radius 1 is 1.50 bits per heavy atom. The summed E-state index contributed by atoms with van der Waals surface area (Å²) in [7, 11) is 0. The minimum absolute atomic E-state index is 0.141. The van der Waals surface area contributed by atoms with Gasteiger partial charge >= 0.3 is 0 Å². The number of nitrogens with one attached hydrogen (secondary N) is 1. The van der Waals surface area contributed by atoms with Crippen LogP contribution in [-0.4, -0.2) is 10.9 Å². The second-order valence-corrected chi connectivity index (χ2v) is 5.53. The molecule has 2 rings (SSSR count). The summed E-state index contributed by atoms with van der Waals surface area (Å²) in [6.07, 6.45) is 2.42. The largest absolute Gasteiger partial charge is 0.392 e. The Morgan fingerprint density at radius 3 is 2.61 bits per heavy atom. The van der Waals surface area contributed by atoms with Crippen LogP contribution in [0.3, 0.4) is 0 Å². The van der Waals surface area contributed by atoms with Gasteiger partial charge in [-0.1, -0.05) is 42.4 Å². The van der Waals surface area contributed by atoms with Gasteiger partial charge in [0.25, 0.3) is 0 Å². The number of aryl methyl sites for hydroxylation is 1. The number of hydrogen-bond acceptors (Lipinski definition) is 2. The Balaban J connectivity index is 2.24. The van der Waals surface area contributed by atoms with E-state index in [2.05, 4.69) is 5.32 Å². The zero-order valence-electron chi connectivity index (χ0n) is 10.1. The molecular weight excluding hydrogens is 268 g/mol. The molecule has 1 aliphatic carbocycles. The number of carbonyl (C=O) groups excluding carboxylic acids is 1. The van der Waals surface area contributed by atoms with Gasteiger partial charge in [0.1, 0.15) is 0 Å². The van der Waals surface area contributed by atoms with Crippen molar-refractivity contribution < 1.29 is 4.79 Å². The van der Waals surface area contributed by atoms with Gasteiger partial charge in [-0.25, -0.2) is 0 Å². The van der Waals surface area contributed by atoms with E-state index in [0.717, 1.165) is 24.8 Å². The fraction of sp³-hybridized carbons (Fsp3) is 0.385. The third-order valence-corrected chi connectivity index (χ3v) is 4.28. The summed E-state index contributed by atoms with van der Waals surface area (Å²) in [6, 6.07) is 5.49. The summed E-state index contributed by atoms with van der Waals surface area (Å²) >= 11 is 11.1. The first-order valence-electron chi connectivity index (χ1n) is 5.84. The first kappa shape index (κ1) is 13.3. The number of anilines is 1. The molecule has 1 fully saturated rings. The molecule has 0 unspecified atom stereocenters. The molecule has 96 valence electrons. The summed E-state index contributed by atoms with van der Waals surface area (Å²) in [5.74, 6) is -0.141. The number of para-hydroxylation sites is 1. The van der Waals surface area contributed by atoms with Crippen LogP contribution < -0.4 is 11.1 Å². The number of carbonyl (C=O) groups is 1. The van der Waals surface area contributed by atoms with E-state index in [4.69, 9.17) is 29.6 Å². The van der Waals surface area contributed by atoms with Crippen molar-refractivity contribution in [1.82, 2.24) is 0 Å². The lowest BCUT2D eigenvalue weighted by molar-refractivity contribution is -0.125. The fourth-order valence-electron chi connectivity index (χ4n) is 2.14. The highest BCUT2D eigenvalue weighted by molar-refractivity contribution is 7.80. The molecule has 0 atom stereocenters. The van der Waals surface area contributed by atoms with E-state index < -0.39 is 5.41 Å². The minimum atomic E-state index is -0.680. The highest BCUT2D eigenvalue weighted by atomic mass is 35.5. The van der Waals surface area contributed by atoms with Gasteiger partial charge in [0, 0.05) is 0 Å². The van der Waals surface area contributed by atoms with Crippen LogP contribution in [0.5, 0.6) is 0 Å². The highest BCUT2D eigenvalue weighted by Crippen LogP contribution is 2.42. The molecule has 0 spiro atoms. The SMILES string of the molecule is Cc1cccc(Cl)c1NC(=O)C1(C(N)=S)CCC1. The zero-order valence-corrected chi connectivity index (χ0v) is 11.7. The molecule has 3 N–H and O–H groups in total. The second kappa shape index (κ2) is 4.86. The summed E-state index contributed by atoms with van der Waals surface area (Å²) in [6.45, 7) is 1.90. The van der Waals surface area contributed by atoms with Crippen LogP contribution >= 0.6 is 23.8 Å². The van der Waals surface area contributed by atoms with Crippen molar-refractivity contribution in [2.24, 2.45) is 11.1 Å². The molecule has 0 saturated heterocycles. The number of nitrogens with two attached hydrogens (primary N) is 1. The van der Waals surface area contributed by atoms with Gasteiger partial charge in [-0.3, -0.25) is 4.79 Å². The van der Waals surface area contributed by atoms with Gasteiger partial charge in [-0.05, 0) is 31.4 Å². The van der Waals surface area contributed by atoms with Crippen LogP contribution in [0.1, 0.15) is 24.8 Å². The monoisotopic (exact) mass is 282 g/mol. The van der Waals surface area contributed by atoms with Crippen LogP contribution in [-0.2, 0) is 4.79 Å². The Bertz CT molecular complexity index is 491. The molecule has 0 aliphatic heterocycles. The molecule has 0 radical (unpaired) electrons. The normalized spacial score (nSPS) is 16.8. The standard InChI is InChI=1S/C13H15ClN2OS/c1-8-4-2-5-9(14)10(8)16-12(17)13(11(15)18)6-3-7-13/h2,4-5H,3,6-7H2,1H3,(H2,15,18)(H,16,17). The molecular formula is C13H15ClN2OS. The first-order chi connectivity index (χ1) is 8.47. The van der Waals surface area contributed by atoms with Crippen LogP contribution in [0.4, 0.5) is 5.69 Å². The molecule has 1 aliphatic rings. The van der Waals surface area contributed by atoms with Crippen LogP contribution in [0.2, 0.25) is 5.02 Å². The number of amides is 1. The minimum Gasteiger partial charge on any atom is -0.392 e. The van der Waals surface area contributed by atoms with Gasteiger partial charge in [0.2, 0.25) is 5.91 Å². The third-order valence-electron chi connectivity index (χ3n) is 3.57. The van der Waals surface area contributed by atoms with E-state index in [1.807, 2.05) is 19.1 Å². The van der Waals surface area contributed by atoms with Crippen molar-refractivity contribution in [3.63, 3.8) is 0 Å². The summed E-state index contributed by atoms with van der Waals surface area (Å²) in [4.78, 5) is 12.6. The van der Waals surface area contributed by atoms with Crippen LogP contribution in [0.25, 0.3) is 0 Å². The Labute approximate surface area is 117 Å². The number of halogens is 1. The summed E-state index contributed by atoms with van der Waals surface area (Å²) in [5.41, 5.74) is 6.59. The van der Waals surface area contributed by atoms with Gasteiger partial charge < -0.3 is 11.1 Å². The predicted octanol–water partition coefficient (Wildman–Crippen LogP) is 3.04. The molecule has 0 bridgehead atoms. The van der Waals surface area contributed by atoms with Gasteiger partial charge in [0.15, 0.2) is 0 Å². The van der Waals surface area contributed by atoms with E-state index in [1.165, 1.54) is 0 Å². The van der Waals surface area contributed by atoms with E-state index in [0.29, 0.717) is 10.7 Å². The van der Waals surface area contributed by atoms with E-state index in [1.54, 1.807) is 6.07 Å². The zero-order chi connectivity index (χ0) is 13.3. The molecule has 0 heterocycles. The number of hydrogen-bond donors (Lipinski definition) is 2. The predicted molar refractivity (Wildman–Crippen MR) is 77.9 cm³/mol. The van der Waals surface area contributed by atoms with Crippen molar-refractivity contribution in [3.8, 4) is 0 Å². The Kier molecular flexibility index (Phi) is 3.59. The van der Waals surface area contributed by atoms with Gasteiger partial charge in [0.05, 0.1) is 21.1 Å². The van der Waals surface area contributed by atoms with Crippen molar-refractivity contribution in [3.05, 3.63) is 28.8 Å². The van der Waals surface area contributed by atoms with Crippen LogP contribution in [0.15, 0.2) is 18.2 Å². The van der Waals surface area contributed by atoms with Gasteiger partial charge in [-0.2, -0.15) is 0 Å². The molecule has 1 aromatic rings. The maximum absolute atomic E-state index is 12.3. The number of thiocarbonyl (C=S) groups is 1. The molecule has 1 amide bonds. The highest BCUT2D eigenvalue weighted by Gasteiger charge is 2.47. The quantitative estimate of drug-likeness (QED) is 0.838.